The van der Waals surface area contributed by atoms with E-state index in [1.165, 1.54) is 31.5 Å². The Hall–Kier alpha value is -0.850. The fourth-order valence-electron chi connectivity index (χ4n) is 2.69. The smallest absolute Gasteiger partial charge is 0.242 e. The Bertz CT molecular complexity index is 598. The molecule has 0 unspecified atom stereocenters. The molecule has 1 aromatic rings. The highest BCUT2D eigenvalue weighted by molar-refractivity contribution is 7.89. The van der Waals surface area contributed by atoms with E-state index in [-0.39, 0.29) is 10.3 Å². The van der Waals surface area contributed by atoms with Crippen molar-refractivity contribution in [2.75, 3.05) is 18.9 Å². The predicted octanol–water partition coefficient (Wildman–Crippen LogP) is 3.03. The van der Waals surface area contributed by atoms with Gasteiger partial charge in [0.05, 0.1) is 5.02 Å². The summed E-state index contributed by atoms with van der Waals surface area (Å²) in [5.74, 6) is 0.467. The van der Waals surface area contributed by atoms with E-state index in [1.54, 1.807) is 7.05 Å². The van der Waals surface area contributed by atoms with Gasteiger partial charge in [0.25, 0.3) is 0 Å². The molecule has 0 aromatic carbocycles. The fourth-order valence-corrected chi connectivity index (χ4v) is 4.18. The van der Waals surface area contributed by atoms with Gasteiger partial charge >= 0.3 is 0 Å². The number of hydrogen-bond donors (Lipinski definition) is 2. The van der Waals surface area contributed by atoms with Crippen LogP contribution in [-0.2, 0) is 10.0 Å². The van der Waals surface area contributed by atoms with E-state index in [9.17, 15) is 8.42 Å². The molecule has 1 saturated carbocycles. The van der Waals surface area contributed by atoms with Crippen molar-refractivity contribution >= 4 is 27.4 Å². The van der Waals surface area contributed by atoms with Crippen LogP contribution in [0, 0.1) is 5.41 Å². The molecule has 118 valence electrons. The van der Waals surface area contributed by atoms with Gasteiger partial charge in [0, 0.05) is 19.8 Å². The van der Waals surface area contributed by atoms with E-state index in [0.29, 0.717) is 17.4 Å². The zero-order chi connectivity index (χ0) is 15.5. The molecule has 0 saturated heterocycles. The maximum absolute atomic E-state index is 12.3. The van der Waals surface area contributed by atoms with Crippen LogP contribution in [0.1, 0.15) is 39.0 Å². The maximum atomic E-state index is 12.3. The van der Waals surface area contributed by atoms with Crippen LogP contribution in [0.3, 0.4) is 0 Å². The van der Waals surface area contributed by atoms with Crippen molar-refractivity contribution in [3.63, 3.8) is 0 Å². The third-order valence-electron chi connectivity index (χ3n) is 4.11. The number of nitrogens with zero attached hydrogens (tertiary/aromatic N) is 1. The second-order valence-electron chi connectivity index (χ2n) is 5.95. The highest BCUT2D eigenvalue weighted by Gasteiger charge is 2.29. The highest BCUT2D eigenvalue weighted by atomic mass is 35.5. The normalized spacial score (nSPS) is 18.4. The molecule has 2 N–H and O–H groups in total. The summed E-state index contributed by atoms with van der Waals surface area (Å²) in [4.78, 5) is 4.12. The van der Waals surface area contributed by atoms with Gasteiger partial charge in [-0.2, -0.15) is 0 Å². The number of hydrogen-bond acceptors (Lipinski definition) is 4. The Balaban J connectivity index is 2.09. The molecule has 1 aliphatic carbocycles. The highest BCUT2D eigenvalue weighted by Crippen LogP contribution is 2.35. The Labute approximate surface area is 131 Å². The summed E-state index contributed by atoms with van der Waals surface area (Å²) in [5, 5.41) is 3.10. The number of aromatic nitrogens is 1. The maximum Gasteiger partial charge on any atom is 0.242 e. The standard InChI is InChI=1S/C14H22ClN3O2S/c1-14(6-4-3-5-7-14)10-18-21(19,20)11-8-12(15)13(16-2)17-9-11/h8-9,18H,3-7,10H2,1-2H3,(H,16,17). The van der Waals surface area contributed by atoms with E-state index in [2.05, 4.69) is 21.9 Å². The van der Waals surface area contributed by atoms with Crippen LogP contribution < -0.4 is 10.0 Å². The van der Waals surface area contributed by atoms with E-state index in [0.717, 1.165) is 12.8 Å². The Kier molecular flexibility index (Phi) is 5.11. The first-order valence-corrected chi connectivity index (χ1v) is 9.05. The predicted molar refractivity (Wildman–Crippen MR) is 85.2 cm³/mol. The second kappa shape index (κ2) is 6.50. The van der Waals surface area contributed by atoms with Crippen LogP contribution in [0.5, 0.6) is 0 Å². The van der Waals surface area contributed by atoms with E-state index < -0.39 is 10.0 Å². The van der Waals surface area contributed by atoms with Crippen molar-refractivity contribution in [1.82, 2.24) is 9.71 Å². The molecule has 1 aliphatic rings. The van der Waals surface area contributed by atoms with Crippen LogP contribution in [0.4, 0.5) is 5.82 Å². The summed E-state index contributed by atoms with van der Waals surface area (Å²) in [6.45, 7) is 2.60. The van der Waals surface area contributed by atoms with E-state index in [4.69, 9.17) is 11.6 Å². The molecule has 0 radical (unpaired) electrons. The summed E-state index contributed by atoms with van der Waals surface area (Å²) in [6, 6.07) is 1.42. The van der Waals surface area contributed by atoms with Gasteiger partial charge in [-0.15, -0.1) is 0 Å². The molecule has 1 heterocycles. The lowest BCUT2D eigenvalue weighted by molar-refractivity contribution is 0.219. The van der Waals surface area contributed by atoms with Crippen molar-refractivity contribution in [2.45, 2.75) is 43.9 Å². The summed E-state index contributed by atoms with van der Waals surface area (Å²) < 4.78 is 27.4. The molecular formula is C14H22ClN3O2S. The van der Waals surface area contributed by atoms with Crippen LogP contribution >= 0.6 is 11.6 Å². The Morgan fingerprint density at radius 3 is 2.57 bits per heavy atom. The molecule has 5 nitrogen and oxygen atoms in total. The Morgan fingerprint density at radius 2 is 2.00 bits per heavy atom. The van der Waals surface area contributed by atoms with Gasteiger partial charge in [0.1, 0.15) is 10.7 Å². The zero-order valence-electron chi connectivity index (χ0n) is 12.4. The number of nitrogens with one attached hydrogen (secondary N) is 2. The molecule has 2 rings (SSSR count). The summed E-state index contributed by atoms with van der Waals surface area (Å²) >= 11 is 5.99. The molecule has 1 fully saturated rings. The van der Waals surface area contributed by atoms with Gasteiger partial charge in [-0.3, -0.25) is 0 Å². The average Bonchev–Trinajstić information content (AvgIpc) is 2.46. The molecule has 21 heavy (non-hydrogen) atoms. The lowest BCUT2D eigenvalue weighted by Crippen LogP contribution is -2.37. The van der Waals surface area contributed by atoms with Crippen LogP contribution in [0.25, 0.3) is 0 Å². The largest absolute Gasteiger partial charge is 0.372 e. The minimum absolute atomic E-state index is 0.0491. The van der Waals surface area contributed by atoms with Crippen molar-refractivity contribution < 1.29 is 8.42 Å². The minimum atomic E-state index is -3.57. The number of rotatable bonds is 5. The summed E-state index contributed by atoms with van der Waals surface area (Å²) in [5.41, 5.74) is 0.0491. The number of anilines is 1. The molecule has 0 atom stereocenters. The van der Waals surface area contributed by atoms with Gasteiger partial charge in [0.2, 0.25) is 10.0 Å². The SMILES string of the molecule is CNc1ncc(S(=O)(=O)NCC2(C)CCCCC2)cc1Cl. The topological polar surface area (TPSA) is 71.1 Å². The van der Waals surface area contributed by atoms with Crippen LogP contribution in [0.2, 0.25) is 5.02 Å². The third-order valence-corrected chi connectivity index (χ3v) is 5.77. The van der Waals surface area contributed by atoms with Gasteiger partial charge in [-0.25, -0.2) is 18.1 Å². The van der Waals surface area contributed by atoms with Crippen LogP contribution in [0.15, 0.2) is 17.2 Å². The summed E-state index contributed by atoms with van der Waals surface area (Å²) in [6.07, 6.45) is 7.03. The monoisotopic (exact) mass is 331 g/mol. The molecule has 0 aliphatic heterocycles. The lowest BCUT2D eigenvalue weighted by Gasteiger charge is -2.33. The molecule has 1 aromatic heterocycles. The fraction of sp³-hybridized carbons (Fsp3) is 0.643. The molecular weight excluding hydrogens is 310 g/mol. The Morgan fingerprint density at radius 1 is 1.33 bits per heavy atom. The first kappa shape index (κ1) is 16.5. The van der Waals surface area contributed by atoms with Crippen molar-refractivity contribution in [3.05, 3.63) is 17.3 Å². The van der Waals surface area contributed by atoms with Crippen molar-refractivity contribution in [1.29, 1.82) is 0 Å². The first-order valence-electron chi connectivity index (χ1n) is 7.19. The number of sulfonamides is 1. The summed E-state index contributed by atoms with van der Waals surface area (Å²) in [7, 11) is -1.88. The number of pyridine rings is 1. The quantitative estimate of drug-likeness (QED) is 0.870. The molecule has 0 spiro atoms. The van der Waals surface area contributed by atoms with E-state index >= 15 is 0 Å². The minimum Gasteiger partial charge on any atom is -0.372 e. The first-order chi connectivity index (χ1) is 9.86. The third kappa shape index (κ3) is 4.08. The average molecular weight is 332 g/mol. The zero-order valence-corrected chi connectivity index (χ0v) is 14.0. The molecule has 0 bridgehead atoms. The van der Waals surface area contributed by atoms with Crippen molar-refractivity contribution in [3.8, 4) is 0 Å². The lowest BCUT2D eigenvalue weighted by atomic mass is 9.76. The number of halogens is 1. The van der Waals surface area contributed by atoms with Gasteiger partial charge in [0.15, 0.2) is 0 Å². The van der Waals surface area contributed by atoms with Gasteiger partial charge in [-0.05, 0) is 24.3 Å². The molecule has 0 amide bonds. The van der Waals surface area contributed by atoms with Gasteiger partial charge < -0.3 is 5.32 Å². The van der Waals surface area contributed by atoms with Gasteiger partial charge in [-0.1, -0.05) is 37.8 Å². The van der Waals surface area contributed by atoms with Crippen LogP contribution in [-0.4, -0.2) is 27.0 Å². The van der Waals surface area contributed by atoms with E-state index in [1.807, 2.05) is 0 Å². The second-order valence-corrected chi connectivity index (χ2v) is 8.12. The molecule has 7 heteroatoms. The van der Waals surface area contributed by atoms with Crippen molar-refractivity contribution in [2.24, 2.45) is 5.41 Å².